The van der Waals surface area contributed by atoms with Crippen LogP contribution in [0.2, 0.25) is 5.02 Å². The van der Waals surface area contributed by atoms with Crippen LogP contribution in [0.3, 0.4) is 0 Å². The summed E-state index contributed by atoms with van der Waals surface area (Å²) >= 11 is 7.66. The molecule has 0 bridgehead atoms. The van der Waals surface area contributed by atoms with E-state index in [-0.39, 0.29) is 5.97 Å². The van der Waals surface area contributed by atoms with Crippen LogP contribution in [0, 0.1) is 10.7 Å². The number of hydrogen-bond donors (Lipinski definition) is 1. The third-order valence-corrected chi connectivity index (χ3v) is 6.80. The van der Waals surface area contributed by atoms with Crippen molar-refractivity contribution in [3.05, 3.63) is 23.2 Å². The fourth-order valence-corrected chi connectivity index (χ4v) is 4.81. The smallest absolute Gasteiger partial charge is 0.306 e. The quantitative estimate of drug-likeness (QED) is 0.383. The maximum absolute atomic E-state index is 11.9. The van der Waals surface area contributed by atoms with Crippen molar-refractivity contribution in [3.8, 4) is 0 Å². The second-order valence-corrected chi connectivity index (χ2v) is 9.75. The van der Waals surface area contributed by atoms with Crippen molar-refractivity contribution in [2.24, 2.45) is 5.92 Å². The van der Waals surface area contributed by atoms with Crippen molar-refractivity contribution in [1.82, 2.24) is 0 Å². The molecule has 0 spiro atoms. The van der Waals surface area contributed by atoms with E-state index >= 15 is 0 Å². The largest absolute Gasteiger partial charge is 0.465 e. The van der Waals surface area contributed by atoms with Crippen molar-refractivity contribution in [2.45, 2.75) is 55.7 Å². The molecule has 0 aliphatic rings. The molecule has 2 unspecified atom stereocenters. The average Bonchev–Trinajstić information content (AvgIpc) is 2.55. The van der Waals surface area contributed by atoms with Gasteiger partial charge in [-0.25, -0.2) is 8.99 Å². The Bertz CT molecular complexity index is 662. The second-order valence-electron chi connectivity index (χ2n) is 6.11. The molecule has 1 N–H and O–H groups in total. The molecule has 7 heteroatoms. The third kappa shape index (κ3) is 8.01. The number of carbonyl (C=O) groups excluding carboxylic acids is 1. The number of unbranched alkanes of at least 4 members (excludes halogenated alkanes) is 1. The lowest BCUT2D eigenvalue weighted by Crippen LogP contribution is -2.14. The molecule has 0 saturated heterocycles. The first-order valence-electron chi connectivity index (χ1n) is 8.60. The van der Waals surface area contributed by atoms with Gasteiger partial charge < -0.3 is 4.74 Å². The van der Waals surface area contributed by atoms with Crippen LogP contribution in [0.15, 0.2) is 28.0 Å². The van der Waals surface area contributed by atoms with Gasteiger partial charge in [0.2, 0.25) is 0 Å². The minimum atomic E-state index is -2.86. The second kappa shape index (κ2) is 11.1. The molecule has 25 heavy (non-hydrogen) atoms. The Morgan fingerprint density at radius 1 is 1.40 bits per heavy atom. The summed E-state index contributed by atoms with van der Waals surface area (Å²) in [5.41, 5.74) is 0. The Kier molecular flexibility index (Phi) is 9.90. The van der Waals surface area contributed by atoms with Gasteiger partial charge in [0.1, 0.15) is 0 Å². The van der Waals surface area contributed by atoms with E-state index in [0.29, 0.717) is 34.6 Å². The molecule has 4 nitrogen and oxygen atoms in total. The molecule has 0 saturated carbocycles. The monoisotopic (exact) mass is 405 g/mol. The highest BCUT2D eigenvalue weighted by molar-refractivity contribution is 7.99. The summed E-state index contributed by atoms with van der Waals surface area (Å²) in [7, 11) is -2.86. The van der Waals surface area contributed by atoms with Crippen LogP contribution in [0.1, 0.15) is 46.0 Å². The number of nitrogens with one attached hydrogen (secondary N) is 1. The predicted molar refractivity (Wildman–Crippen MR) is 106 cm³/mol. The fraction of sp³-hybridized carbons (Fsp3) is 0.611. The van der Waals surface area contributed by atoms with E-state index in [9.17, 15) is 9.00 Å². The highest BCUT2D eigenvalue weighted by Crippen LogP contribution is 2.33. The molecule has 2 atom stereocenters. The van der Waals surface area contributed by atoms with Crippen molar-refractivity contribution in [3.63, 3.8) is 0 Å². The summed E-state index contributed by atoms with van der Waals surface area (Å²) in [5.74, 6) is 0.781. The maximum atomic E-state index is 11.9. The minimum Gasteiger partial charge on any atom is -0.465 e. The lowest BCUT2D eigenvalue weighted by atomic mass is 10.0. The van der Waals surface area contributed by atoms with Crippen molar-refractivity contribution < 1.29 is 13.7 Å². The Balaban J connectivity index is 2.46. The molecule has 0 amide bonds. The van der Waals surface area contributed by atoms with Crippen LogP contribution in [0.25, 0.3) is 0 Å². The number of ether oxygens (including phenoxy) is 1. The summed E-state index contributed by atoms with van der Waals surface area (Å²) in [6.07, 6.45) is 6.09. The van der Waals surface area contributed by atoms with Crippen molar-refractivity contribution in [2.75, 3.05) is 18.6 Å². The van der Waals surface area contributed by atoms with E-state index in [1.807, 2.05) is 6.07 Å². The molecule has 1 aromatic carbocycles. The zero-order chi connectivity index (χ0) is 18.9. The predicted octanol–water partition coefficient (Wildman–Crippen LogP) is 5.62. The minimum absolute atomic E-state index is 0.200. The molecular weight excluding hydrogens is 378 g/mol. The van der Waals surface area contributed by atoms with E-state index in [1.165, 1.54) is 18.0 Å². The zero-order valence-electron chi connectivity index (χ0n) is 15.2. The topological polar surface area (TPSA) is 67.2 Å². The maximum Gasteiger partial charge on any atom is 0.306 e. The first-order chi connectivity index (χ1) is 11.8. The van der Waals surface area contributed by atoms with Crippen LogP contribution >= 0.6 is 23.4 Å². The van der Waals surface area contributed by atoms with Gasteiger partial charge in [-0.3, -0.25) is 4.79 Å². The fourth-order valence-electron chi connectivity index (χ4n) is 2.33. The number of hydrogen-bond acceptors (Lipinski definition) is 5. The third-order valence-electron chi connectivity index (χ3n) is 3.93. The lowest BCUT2D eigenvalue weighted by Gasteiger charge is -2.14. The normalized spacial score (nSPS) is 14.7. The molecule has 1 aromatic rings. The summed E-state index contributed by atoms with van der Waals surface area (Å²) in [6, 6.07) is 5.15. The van der Waals surface area contributed by atoms with E-state index < -0.39 is 9.73 Å². The van der Waals surface area contributed by atoms with E-state index in [4.69, 9.17) is 21.1 Å². The standard InChI is InChI=1S/C18H28ClNO3S2/c1-4-6-8-14(5-2)13-23-17(21)11-12-24-15-9-7-10-16(18(15)19)25(3,20)22/h7,9-10,14,20H,4-6,8,11-13H2,1-3H3. The van der Waals surface area contributed by atoms with Crippen molar-refractivity contribution in [1.29, 1.82) is 4.78 Å². The van der Waals surface area contributed by atoms with Gasteiger partial charge in [0, 0.05) is 16.9 Å². The van der Waals surface area contributed by atoms with Crippen LogP contribution in [-0.4, -0.2) is 28.8 Å². The Hall–Kier alpha value is -0.720. The molecule has 0 fully saturated rings. The van der Waals surface area contributed by atoms with Crippen LogP contribution in [0.5, 0.6) is 0 Å². The van der Waals surface area contributed by atoms with Gasteiger partial charge in [0.15, 0.2) is 0 Å². The number of esters is 1. The van der Waals surface area contributed by atoms with Gasteiger partial charge >= 0.3 is 5.97 Å². The number of carbonyl (C=O) groups is 1. The van der Waals surface area contributed by atoms with Gasteiger partial charge in [-0.05, 0) is 24.5 Å². The molecule has 0 aliphatic heterocycles. The first-order valence-corrected chi connectivity index (χ1v) is 11.9. The highest BCUT2D eigenvalue weighted by Gasteiger charge is 2.14. The number of rotatable bonds is 11. The molecule has 1 rings (SSSR count). The zero-order valence-corrected chi connectivity index (χ0v) is 17.6. The summed E-state index contributed by atoms with van der Waals surface area (Å²) in [5, 5.41) is 0.342. The number of halogens is 1. The summed E-state index contributed by atoms with van der Waals surface area (Å²) in [6.45, 7) is 4.78. The molecule has 0 aliphatic carbocycles. The molecular formula is C18H28ClNO3S2. The van der Waals surface area contributed by atoms with Crippen LogP contribution < -0.4 is 0 Å². The van der Waals surface area contributed by atoms with E-state index in [1.54, 1.807) is 12.1 Å². The lowest BCUT2D eigenvalue weighted by molar-refractivity contribution is -0.144. The number of thioether (sulfide) groups is 1. The van der Waals surface area contributed by atoms with Gasteiger partial charge in [0.25, 0.3) is 0 Å². The average molecular weight is 406 g/mol. The molecule has 142 valence electrons. The number of benzene rings is 1. The van der Waals surface area contributed by atoms with Gasteiger partial charge in [0.05, 0.1) is 32.7 Å². The Morgan fingerprint density at radius 3 is 2.72 bits per heavy atom. The summed E-state index contributed by atoms with van der Waals surface area (Å²) in [4.78, 5) is 13.0. The molecule has 0 heterocycles. The Morgan fingerprint density at radius 2 is 2.12 bits per heavy atom. The van der Waals surface area contributed by atoms with Crippen molar-refractivity contribution >= 4 is 39.1 Å². The highest BCUT2D eigenvalue weighted by atomic mass is 35.5. The van der Waals surface area contributed by atoms with Crippen LogP contribution in [0.4, 0.5) is 0 Å². The van der Waals surface area contributed by atoms with Crippen LogP contribution in [-0.2, 0) is 19.3 Å². The first kappa shape index (κ1) is 22.3. The molecule has 0 aromatic heterocycles. The van der Waals surface area contributed by atoms with Gasteiger partial charge in [-0.2, -0.15) is 0 Å². The van der Waals surface area contributed by atoms with E-state index in [0.717, 1.165) is 30.6 Å². The molecule has 0 radical (unpaired) electrons. The van der Waals surface area contributed by atoms with Gasteiger partial charge in [-0.1, -0.05) is 50.8 Å². The Labute approximate surface area is 161 Å². The SMILES string of the molecule is CCCCC(CC)COC(=O)CCSc1cccc(S(C)(=N)=O)c1Cl. The summed E-state index contributed by atoms with van der Waals surface area (Å²) < 4.78 is 24.9. The van der Waals surface area contributed by atoms with E-state index in [2.05, 4.69) is 13.8 Å². The van der Waals surface area contributed by atoms with Gasteiger partial charge in [-0.15, -0.1) is 11.8 Å².